The number of carbonyl (C=O) groups is 1. The van der Waals surface area contributed by atoms with Crippen LogP contribution in [-0.4, -0.2) is 39.8 Å². The van der Waals surface area contributed by atoms with Gasteiger partial charge in [-0.3, -0.25) is 10.4 Å². The van der Waals surface area contributed by atoms with E-state index < -0.39 is 0 Å². The van der Waals surface area contributed by atoms with Crippen LogP contribution in [0.4, 0.5) is 10.7 Å². The van der Waals surface area contributed by atoms with Crippen LogP contribution in [0.5, 0.6) is 5.75 Å². The molecule has 0 unspecified atom stereocenters. The summed E-state index contributed by atoms with van der Waals surface area (Å²) in [5, 5.41) is 10.1. The zero-order valence-electron chi connectivity index (χ0n) is 15.8. The van der Waals surface area contributed by atoms with E-state index in [2.05, 4.69) is 20.5 Å². The van der Waals surface area contributed by atoms with Gasteiger partial charge in [0.1, 0.15) is 11.6 Å². The van der Waals surface area contributed by atoms with E-state index in [1.165, 1.54) is 19.3 Å². The second-order valence-electron chi connectivity index (χ2n) is 7.44. The first-order valence-corrected chi connectivity index (χ1v) is 9.88. The van der Waals surface area contributed by atoms with Gasteiger partial charge >= 0.3 is 6.03 Å². The SMILES string of the molecule is COc1cccc([C@@H]2CCCN2C(=O)Nc2n[nH]c(C3CCCCC3)n2)c1. The minimum atomic E-state index is -0.144. The third-order valence-electron chi connectivity index (χ3n) is 5.71. The number of amides is 2. The van der Waals surface area contributed by atoms with Crippen LogP contribution < -0.4 is 10.1 Å². The molecule has 0 radical (unpaired) electrons. The van der Waals surface area contributed by atoms with E-state index in [-0.39, 0.29) is 12.1 Å². The highest BCUT2D eigenvalue weighted by molar-refractivity contribution is 5.88. The Hall–Kier alpha value is -2.57. The van der Waals surface area contributed by atoms with Crippen LogP contribution in [0.15, 0.2) is 24.3 Å². The van der Waals surface area contributed by atoms with E-state index in [9.17, 15) is 4.79 Å². The van der Waals surface area contributed by atoms with Gasteiger partial charge in [-0.15, -0.1) is 5.10 Å². The summed E-state index contributed by atoms with van der Waals surface area (Å²) in [5.74, 6) is 2.52. The number of H-pyrrole nitrogens is 1. The van der Waals surface area contributed by atoms with Gasteiger partial charge in [0.25, 0.3) is 0 Å². The molecule has 2 aliphatic rings. The van der Waals surface area contributed by atoms with Crippen molar-refractivity contribution >= 4 is 12.0 Å². The fourth-order valence-corrected chi connectivity index (χ4v) is 4.26. The number of aromatic amines is 1. The minimum absolute atomic E-state index is 0.0526. The molecule has 2 amide bonds. The summed E-state index contributed by atoms with van der Waals surface area (Å²) in [6.45, 7) is 0.730. The minimum Gasteiger partial charge on any atom is -0.497 e. The Morgan fingerprint density at radius 2 is 2.07 bits per heavy atom. The molecule has 0 bridgehead atoms. The molecule has 1 aliphatic heterocycles. The number of rotatable bonds is 4. The first-order chi connectivity index (χ1) is 13.2. The van der Waals surface area contributed by atoms with E-state index in [0.717, 1.165) is 49.4 Å². The number of aromatic nitrogens is 3. The van der Waals surface area contributed by atoms with Crippen molar-refractivity contribution in [2.75, 3.05) is 19.0 Å². The molecule has 4 rings (SSSR count). The number of carbonyl (C=O) groups excluding carboxylic acids is 1. The maximum absolute atomic E-state index is 12.8. The number of ether oxygens (including phenoxy) is 1. The van der Waals surface area contributed by atoms with Crippen LogP contribution in [0.3, 0.4) is 0 Å². The summed E-state index contributed by atoms with van der Waals surface area (Å²) in [6, 6.07) is 7.85. The van der Waals surface area contributed by atoms with Crippen molar-refractivity contribution in [2.24, 2.45) is 0 Å². The molecule has 27 heavy (non-hydrogen) atoms. The van der Waals surface area contributed by atoms with Gasteiger partial charge in [-0.1, -0.05) is 31.4 Å². The number of methoxy groups -OCH3 is 1. The van der Waals surface area contributed by atoms with E-state index in [1.807, 2.05) is 29.2 Å². The molecule has 2 N–H and O–H groups in total. The second kappa shape index (κ2) is 7.98. The average Bonchev–Trinajstić information content (AvgIpc) is 3.38. The van der Waals surface area contributed by atoms with Crippen LogP contribution in [0.1, 0.15) is 68.3 Å². The van der Waals surface area contributed by atoms with Crippen molar-refractivity contribution in [3.05, 3.63) is 35.7 Å². The average molecular weight is 369 g/mol. The first-order valence-electron chi connectivity index (χ1n) is 9.88. The number of urea groups is 1. The molecule has 2 heterocycles. The van der Waals surface area contributed by atoms with Gasteiger partial charge in [-0.2, -0.15) is 4.98 Å². The lowest BCUT2D eigenvalue weighted by atomic mass is 9.89. The fraction of sp³-hybridized carbons (Fsp3) is 0.550. The van der Waals surface area contributed by atoms with Crippen LogP contribution >= 0.6 is 0 Å². The molecule has 1 aromatic heterocycles. The highest BCUT2D eigenvalue weighted by atomic mass is 16.5. The lowest BCUT2D eigenvalue weighted by Crippen LogP contribution is -2.34. The second-order valence-corrected chi connectivity index (χ2v) is 7.44. The number of anilines is 1. The Labute approximate surface area is 159 Å². The van der Waals surface area contributed by atoms with E-state index in [0.29, 0.717) is 11.9 Å². The fourth-order valence-electron chi connectivity index (χ4n) is 4.26. The molecule has 1 atom stereocenters. The third kappa shape index (κ3) is 3.91. The van der Waals surface area contributed by atoms with Gasteiger partial charge in [0.05, 0.1) is 13.2 Å². The van der Waals surface area contributed by atoms with Gasteiger partial charge in [0, 0.05) is 12.5 Å². The van der Waals surface area contributed by atoms with Crippen molar-refractivity contribution in [3.8, 4) is 5.75 Å². The number of likely N-dealkylation sites (tertiary alicyclic amines) is 1. The Morgan fingerprint density at radius 3 is 2.89 bits per heavy atom. The van der Waals surface area contributed by atoms with Crippen molar-refractivity contribution in [1.29, 1.82) is 0 Å². The van der Waals surface area contributed by atoms with Gasteiger partial charge in [-0.05, 0) is 43.4 Å². The Balaban J connectivity index is 1.43. The van der Waals surface area contributed by atoms with E-state index in [1.54, 1.807) is 7.11 Å². The lowest BCUT2D eigenvalue weighted by Gasteiger charge is -2.25. The zero-order valence-corrected chi connectivity index (χ0v) is 15.8. The summed E-state index contributed by atoms with van der Waals surface area (Å²) >= 11 is 0. The maximum Gasteiger partial charge on any atom is 0.324 e. The maximum atomic E-state index is 12.8. The normalized spacial score (nSPS) is 20.6. The zero-order chi connectivity index (χ0) is 18.6. The molecule has 1 saturated heterocycles. The van der Waals surface area contributed by atoms with Crippen molar-refractivity contribution in [3.63, 3.8) is 0 Å². The Kier molecular flexibility index (Phi) is 5.27. The molecule has 7 heteroatoms. The van der Waals surface area contributed by atoms with Crippen LogP contribution in [0, 0.1) is 0 Å². The molecule has 1 saturated carbocycles. The van der Waals surface area contributed by atoms with Crippen molar-refractivity contribution < 1.29 is 9.53 Å². The highest BCUT2D eigenvalue weighted by Gasteiger charge is 2.31. The largest absolute Gasteiger partial charge is 0.497 e. The predicted octanol–water partition coefficient (Wildman–Crippen LogP) is 4.23. The van der Waals surface area contributed by atoms with Crippen molar-refractivity contribution in [1.82, 2.24) is 20.1 Å². The van der Waals surface area contributed by atoms with E-state index >= 15 is 0 Å². The third-order valence-corrected chi connectivity index (χ3v) is 5.71. The van der Waals surface area contributed by atoms with Crippen molar-refractivity contribution in [2.45, 2.75) is 56.9 Å². The number of hydrogen-bond acceptors (Lipinski definition) is 4. The lowest BCUT2D eigenvalue weighted by molar-refractivity contribution is 0.207. The first kappa shape index (κ1) is 17.8. The predicted molar refractivity (Wildman–Crippen MR) is 103 cm³/mol. The monoisotopic (exact) mass is 369 g/mol. The van der Waals surface area contributed by atoms with Gasteiger partial charge in [0.15, 0.2) is 0 Å². The summed E-state index contributed by atoms with van der Waals surface area (Å²) in [4.78, 5) is 19.2. The molecule has 1 aromatic carbocycles. The molecule has 144 valence electrons. The number of benzene rings is 1. The van der Waals surface area contributed by atoms with Crippen LogP contribution in [0.25, 0.3) is 0 Å². The van der Waals surface area contributed by atoms with Gasteiger partial charge < -0.3 is 9.64 Å². The molecule has 2 aromatic rings. The topological polar surface area (TPSA) is 83.1 Å². The van der Waals surface area contributed by atoms with Crippen LogP contribution in [-0.2, 0) is 0 Å². The van der Waals surface area contributed by atoms with E-state index in [4.69, 9.17) is 4.74 Å². The Morgan fingerprint density at radius 1 is 1.22 bits per heavy atom. The Bertz CT molecular complexity index is 784. The number of nitrogens with zero attached hydrogens (tertiary/aromatic N) is 3. The highest BCUT2D eigenvalue weighted by Crippen LogP contribution is 2.34. The molecule has 1 aliphatic carbocycles. The number of nitrogens with one attached hydrogen (secondary N) is 2. The molecular weight excluding hydrogens is 342 g/mol. The summed E-state index contributed by atoms with van der Waals surface area (Å²) in [5.41, 5.74) is 1.10. The van der Waals surface area contributed by atoms with Gasteiger partial charge in [-0.25, -0.2) is 4.79 Å². The summed E-state index contributed by atoms with van der Waals surface area (Å²) in [6.07, 6.45) is 8.00. The smallest absolute Gasteiger partial charge is 0.324 e. The molecular formula is C20H27N5O2. The summed E-state index contributed by atoms with van der Waals surface area (Å²) < 4.78 is 5.32. The standard InChI is InChI=1S/C20H27N5O2/c1-27-16-10-5-9-15(13-16)17-11-6-12-25(17)20(26)22-19-21-18(23-24-19)14-7-3-2-4-8-14/h5,9-10,13-14,17H,2-4,6-8,11-12H2,1H3,(H2,21,22,23,24,26)/t17-/m0/s1. The molecule has 0 spiro atoms. The molecule has 7 nitrogen and oxygen atoms in total. The quantitative estimate of drug-likeness (QED) is 0.845. The number of hydrogen-bond donors (Lipinski definition) is 2. The molecule has 2 fully saturated rings. The summed E-state index contributed by atoms with van der Waals surface area (Å²) in [7, 11) is 1.66. The van der Waals surface area contributed by atoms with Crippen LogP contribution in [0.2, 0.25) is 0 Å². The van der Waals surface area contributed by atoms with Gasteiger partial charge in [0.2, 0.25) is 5.95 Å².